The van der Waals surface area contributed by atoms with Gasteiger partial charge in [-0.25, -0.2) is 0 Å². The molecule has 1 fully saturated rings. The molecule has 5 heteroatoms. The van der Waals surface area contributed by atoms with Crippen LogP contribution in [0.2, 0.25) is 10.0 Å². The van der Waals surface area contributed by atoms with E-state index in [9.17, 15) is 0 Å². The Morgan fingerprint density at radius 2 is 1.78 bits per heavy atom. The van der Waals surface area contributed by atoms with Crippen molar-refractivity contribution >= 4 is 34.6 Å². The van der Waals surface area contributed by atoms with Crippen LogP contribution in [0.25, 0.3) is 0 Å². The van der Waals surface area contributed by atoms with Crippen molar-refractivity contribution in [1.82, 2.24) is 4.90 Å². The molecule has 1 saturated heterocycles. The highest BCUT2D eigenvalue weighted by Crippen LogP contribution is 2.30. The Balaban J connectivity index is 1.84. The number of halogens is 2. The van der Waals surface area contributed by atoms with Gasteiger partial charge < -0.3 is 16.0 Å². The summed E-state index contributed by atoms with van der Waals surface area (Å²) in [6.07, 6.45) is 3.99. The number of nitrogen functional groups attached to an aromatic ring is 1. The molecule has 100 valence electrons. The van der Waals surface area contributed by atoms with Crippen LogP contribution in [0.3, 0.4) is 0 Å². The summed E-state index contributed by atoms with van der Waals surface area (Å²) in [6, 6.07) is 3.47. The summed E-state index contributed by atoms with van der Waals surface area (Å²) in [5.74, 6) is 0. The van der Waals surface area contributed by atoms with Gasteiger partial charge >= 0.3 is 0 Å². The predicted octanol–water partition coefficient (Wildman–Crippen LogP) is 3.47. The fourth-order valence-electron chi connectivity index (χ4n) is 2.25. The summed E-state index contributed by atoms with van der Waals surface area (Å²) in [4.78, 5) is 2.48. The molecule has 18 heavy (non-hydrogen) atoms. The number of hydrogen-bond acceptors (Lipinski definition) is 3. The Labute approximate surface area is 118 Å². The molecule has 0 aliphatic carbocycles. The average Bonchev–Trinajstić information content (AvgIpc) is 2.37. The lowest BCUT2D eigenvalue weighted by Gasteiger charge is -2.26. The van der Waals surface area contributed by atoms with Gasteiger partial charge in [0.1, 0.15) is 0 Å². The fourth-order valence-corrected chi connectivity index (χ4v) is 2.58. The molecular formula is C13H19Cl2N3. The standard InChI is InChI=1S/C13H19Cl2N3/c14-10-8-12(16)13(9-11(10)15)17-4-7-18-5-2-1-3-6-18/h8-9,17H,1-7,16H2. The summed E-state index contributed by atoms with van der Waals surface area (Å²) < 4.78 is 0. The van der Waals surface area contributed by atoms with Crippen LogP contribution in [0.15, 0.2) is 12.1 Å². The largest absolute Gasteiger partial charge is 0.397 e. The summed E-state index contributed by atoms with van der Waals surface area (Å²) in [5, 5.41) is 4.35. The first-order valence-corrected chi connectivity index (χ1v) is 7.13. The van der Waals surface area contributed by atoms with Gasteiger partial charge in [0.15, 0.2) is 0 Å². The van der Waals surface area contributed by atoms with Crippen molar-refractivity contribution in [2.24, 2.45) is 0 Å². The highest BCUT2D eigenvalue weighted by molar-refractivity contribution is 6.42. The highest BCUT2D eigenvalue weighted by atomic mass is 35.5. The Morgan fingerprint density at radius 1 is 1.11 bits per heavy atom. The number of benzene rings is 1. The topological polar surface area (TPSA) is 41.3 Å². The van der Waals surface area contributed by atoms with E-state index in [1.54, 1.807) is 12.1 Å². The first-order valence-electron chi connectivity index (χ1n) is 6.37. The maximum absolute atomic E-state index is 5.98. The normalized spacial score (nSPS) is 16.8. The molecular weight excluding hydrogens is 269 g/mol. The average molecular weight is 288 g/mol. The molecule has 3 N–H and O–H groups in total. The quantitative estimate of drug-likeness (QED) is 0.833. The van der Waals surface area contributed by atoms with Crippen LogP contribution in [-0.4, -0.2) is 31.1 Å². The van der Waals surface area contributed by atoms with Crippen molar-refractivity contribution in [3.05, 3.63) is 22.2 Å². The first-order chi connectivity index (χ1) is 8.66. The highest BCUT2D eigenvalue weighted by Gasteiger charge is 2.10. The number of piperidine rings is 1. The lowest BCUT2D eigenvalue weighted by atomic mass is 10.1. The molecule has 0 saturated carbocycles. The number of hydrogen-bond donors (Lipinski definition) is 2. The lowest BCUT2D eigenvalue weighted by Crippen LogP contribution is -2.33. The number of nitrogens with zero attached hydrogens (tertiary/aromatic N) is 1. The summed E-state index contributed by atoms with van der Waals surface area (Å²) in [5.41, 5.74) is 7.39. The number of nitrogens with two attached hydrogens (primary N) is 1. The third kappa shape index (κ3) is 3.67. The Morgan fingerprint density at radius 3 is 2.50 bits per heavy atom. The molecule has 0 amide bonds. The van der Waals surface area contributed by atoms with Crippen molar-refractivity contribution < 1.29 is 0 Å². The summed E-state index contributed by atoms with van der Waals surface area (Å²) in [6.45, 7) is 4.33. The Hall–Kier alpha value is -0.640. The maximum atomic E-state index is 5.98. The summed E-state index contributed by atoms with van der Waals surface area (Å²) >= 11 is 11.9. The van der Waals surface area contributed by atoms with E-state index in [0.717, 1.165) is 18.8 Å². The number of likely N-dealkylation sites (tertiary alicyclic amines) is 1. The molecule has 1 aliphatic rings. The molecule has 1 aliphatic heterocycles. The minimum atomic E-state index is 0.496. The maximum Gasteiger partial charge on any atom is 0.0614 e. The van der Waals surface area contributed by atoms with E-state index in [1.165, 1.54) is 32.4 Å². The van der Waals surface area contributed by atoms with E-state index in [4.69, 9.17) is 28.9 Å². The van der Waals surface area contributed by atoms with E-state index in [1.807, 2.05) is 0 Å². The molecule has 1 heterocycles. The Kier molecular flexibility index (Phi) is 4.98. The molecule has 0 spiro atoms. The van der Waals surface area contributed by atoms with Gasteiger partial charge in [-0.05, 0) is 38.1 Å². The third-order valence-electron chi connectivity index (χ3n) is 3.28. The van der Waals surface area contributed by atoms with Crippen LogP contribution in [-0.2, 0) is 0 Å². The molecule has 1 aromatic carbocycles. The monoisotopic (exact) mass is 287 g/mol. The number of rotatable bonds is 4. The van der Waals surface area contributed by atoms with Gasteiger partial charge in [-0.3, -0.25) is 0 Å². The molecule has 2 rings (SSSR count). The zero-order valence-electron chi connectivity index (χ0n) is 10.4. The van der Waals surface area contributed by atoms with Gasteiger partial charge in [0.05, 0.1) is 21.4 Å². The van der Waals surface area contributed by atoms with Crippen LogP contribution >= 0.6 is 23.2 Å². The van der Waals surface area contributed by atoms with Crippen molar-refractivity contribution in [2.45, 2.75) is 19.3 Å². The minimum Gasteiger partial charge on any atom is -0.397 e. The van der Waals surface area contributed by atoms with Crippen molar-refractivity contribution in [1.29, 1.82) is 0 Å². The van der Waals surface area contributed by atoms with E-state index < -0.39 is 0 Å². The zero-order chi connectivity index (χ0) is 13.0. The smallest absolute Gasteiger partial charge is 0.0614 e. The van der Waals surface area contributed by atoms with Crippen molar-refractivity contribution in [3.63, 3.8) is 0 Å². The molecule has 1 aromatic rings. The van der Waals surface area contributed by atoms with Gasteiger partial charge in [0, 0.05) is 13.1 Å². The third-order valence-corrected chi connectivity index (χ3v) is 4.01. The number of anilines is 2. The van der Waals surface area contributed by atoms with Gasteiger partial charge in [-0.1, -0.05) is 29.6 Å². The number of nitrogens with one attached hydrogen (secondary N) is 1. The van der Waals surface area contributed by atoms with E-state index in [-0.39, 0.29) is 0 Å². The summed E-state index contributed by atoms with van der Waals surface area (Å²) in [7, 11) is 0. The van der Waals surface area contributed by atoms with Crippen LogP contribution < -0.4 is 11.1 Å². The van der Waals surface area contributed by atoms with Gasteiger partial charge in [-0.15, -0.1) is 0 Å². The van der Waals surface area contributed by atoms with Crippen LogP contribution in [0, 0.1) is 0 Å². The minimum absolute atomic E-state index is 0.496. The Bertz CT molecular complexity index is 403. The lowest BCUT2D eigenvalue weighted by molar-refractivity contribution is 0.237. The second-order valence-corrected chi connectivity index (χ2v) is 5.50. The fraction of sp³-hybridized carbons (Fsp3) is 0.538. The van der Waals surface area contributed by atoms with Crippen molar-refractivity contribution in [3.8, 4) is 0 Å². The molecule has 0 aromatic heterocycles. The van der Waals surface area contributed by atoms with Crippen LogP contribution in [0.4, 0.5) is 11.4 Å². The van der Waals surface area contributed by atoms with E-state index in [0.29, 0.717) is 15.7 Å². The van der Waals surface area contributed by atoms with Crippen molar-refractivity contribution in [2.75, 3.05) is 37.2 Å². The predicted molar refractivity (Wildman–Crippen MR) is 79.7 cm³/mol. The molecule has 0 radical (unpaired) electrons. The molecule has 0 unspecified atom stereocenters. The van der Waals surface area contributed by atoms with Gasteiger partial charge in [-0.2, -0.15) is 0 Å². The SMILES string of the molecule is Nc1cc(Cl)c(Cl)cc1NCCN1CCCCC1. The second-order valence-electron chi connectivity index (χ2n) is 4.68. The van der Waals surface area contributed by atoms with Crippen LogP contribution in [0.1, 0.15) is 19.3 Å². The first kappa shape index (κ1) is 13.8. The molecule has 3 nitrogen and oxygen atoms in total. The van der Waals surface area contributed by atoms with Gasteiger partial charge in [0.2, 0.25) is 0 Å². The van der Waals surface area contributed by atoms with Crippen LogP contribution in [0.5, 0.6) is 0 Å². The molecule has 0 bridgehead atoms. The second kappa shape index (κ2) is 6.50. The molecule has 0 atom stereocenters. The van der Waals surface area contributed by atoms with E-state index >= 15 is 0 Å². The zero-order valence-corrected chi connectivity index (χ0v) is 11.9. The van der Waals surface area contributed by atoms with Gasteiger partial charge in [0.25, 0.3) is 0 Å². The van der Waals surface area contributed by atoms with E-state index in [2.05, 4.69) is 10.2 Å².